The summed E-state index contributed by atoms with van der Waals surface area (Å²) in [6, 6.07) is 11.1. The molecule has 12 heteroatoms. The van der Waals surface area contributed by atoms with Crippen LogP contribution >= 0.6 is 0 Å². The van der Waals surface area contributed by atoms with Gasteiger partial charge in [-0.05, 0) is 93.0 Å². The van der Waals surface area contributed by atoms with Gasteiger partial charge in [-0.1, -0.05) is 83.2 Å². The number of hydrogen-bond acceptors (Lipinski definition) is 10. The Balaban J connectivity index is 1.20. The van der Waals surface area contributed by atoms with E-state index < -0.39 is 51.5 Å². The third-order valence-electron chi connectivity index (χ3n) is 18.7. The number of aliphatic hydroxyl groups is 3. The first-order valence-electron chi connectivity index (χ1n) is 24.9. The molecule has 2 bridgehead atoms. The number of aliphatic hydroxyl groups excluding tert-OH is 1. The summed E-state index contributed by atoms with van der Waals surface area (Å²) in [6.45, 7) is 11.8. The van der Waals surface area contributed by atoms with E-state index in [2.05, 4.69) is 71.2 Å². The molecule has 12 atom stereocenters. The molecule has 2 aliphatic carbocycles. The van der Waals surface area contributed by atoms with Crippen molar-refractivity contribution in [3.05, 3.63) is 70.9 Å². The van der Waals surface area contributed by atoms with Gasteiger partial charge in [0, 0.05) is 90.1 Å². The molecule has 4 fully saturated rings. The van der Waals surface area contributed by atoms with E-state index in [1.165, 1.54) is 26.4 Å². The van der Waals surface area contributed by atoms with Crippen molar-refractivity contribution >= 4 is 28.5 Å². The maximum absolute atomic E-state index is 15.5. The fraction of sp³-hybridized carbons (Fsp3) is 0.660. The number of carbonyl (C=O) groups is 2. The van der Waals surface area contributed by atoms with Gasteiger partial charge in [-0.25, -0.2) is 0 Å². The summed E-state index contributed by atoms with van der Waals surface area (Å²) in [5, 5.41) is 43.2. The average Bonchev–Trinajstić information content (AvgIpc) is 3.98. The molecule has 1 aromatic heterocycles. The van der Waals surface area contributed by atoms with Gasteiger partial charge >= 0.3 is 5.97 Å². The van der Waals surface area contributed by atoms with E-state index in [0.717, 1.165) is 59.3 Å². The van der Waals surface area contributed by atoms with Crippen LogP contribution in [0.25, 0.3) is 10.9 Å². The number of hydrogen-bond donors (Lipinski definition) is 5. The first-order valence-corrected chi connectivity index (χ1v) is 24.9. The topological polar surface area (TPSA) is 151 Å². The maximum atomic E-state index is 15.5. The van der Waals surface area contributed by atoms with Crippen LogP contribution in [0.2, 0.25) is 0 Å². The van der Waals surface area contributed by atoms with Crippen LogP contribution in [-0.4, -0.2) is 131 Å². The number of rotatable bonds is 9. The normalized spacial score (nSPS) is 37.5. The zero-order chi connectivity index (χ0) is 45.8. The molecule has 12 nitrogen and oxygen atoms in total. The average molecular weight is 892 g/mol. The number of aromatic amines is 1. The molecule has 1 amide bonds. The summed E-state index contributed by atoms with van der Waals surface area (Å²) in [5.41, 5.74) is -1.15. The lowest BCUT2D eigenvalue weighted by atomic mass is 9.47. The van der Waals surface area contributed by atoms with E-state index in [4.69, 9.17) is 9.47 Å². The third kappa shape index (κ3) is 6.24. The summed E-state index contributed by atoms with van der Waals surface area (Å²) < 4.78 is 12.5. The second-order valence-electron chi connectivity index (χ2n) is 21.6. The zero-order valence-corrected chi connectivity index (χ0v) is 39.8. The minimum atomic E-state index is -2.22. The number of nitrogens with one attached hydrogen (secondary N) is 2. The number of amides is 1. The van der Waals surface area contributed by atoms with Crippen LogP contribution in [0.15, 0.2) is 48.6 Å². The van der Waals surface area contributed by atoms with Crippen LogP contribution in [0.3, 0.4) is 0 Å². The predicted molar refractivity (Wildman–Crippen MR) is 252 cm³/mol. The van der Waals surface area contributed by atoms with Crippen molar-refractivity contribution in [3.8, 4) is 5.75 Å². The molecule has 2 saturated carbocycles. The smallest absolute Gasteiger partial charge is 0.322 e. The van der Waals surface area contributed by atoms with Gasteiger partial charge in [0.05, 0.1) is 25.9 Å². The minimum absolute atomic E-state index is 0.0773. The SMILES string of the molecule is CC[C@]1(O)CC2CN(CCc3c([nH]c4ccccc34)[C@](C(=O)OC)(c3cc4c(cc3OC)N(C)C3C45CCN4CC=C[C@](CC)(C45)[C@@H](O)[C@]3(O)C(=O)N[C@H](C)[C@@H](C)C3CCCCC3)C2)C1. The van der Waals surface area contributed by atoms with E-state index in [-0.39, 0.29) is 23.9 Å². The maximum Gasteiger partial charge on any atom is 0.322 e. The van der Waals surface area contributed by atoms with E-state index >= 15 is 9.59 Å². The molecular formula is C53H73N5O7. The molecule has 1 spiro atoms. The summed E-state index contributed by atoms with van der Waals surface area (Å²) in [6.07, 6.45) is 12.0. The largest absolute Gasteiger partial charge is 0.496 e. The molecule has 3 aromatic rings. The van der Waals surface area contributed by atoms with Crippen LogP contribution in [-0.2, 0) is 31.6 Å². The molecule has 7 aliphatic rings. The number of fused-ring (bicyclic) bond motifs is 6. The molecule has 0 radical (unpaired) electrons. The first-order chi connectivity index (χ1) is 31.2. The van der Waals surface area contributed by atoms with Gasteiger partial charge in [-0.15, -0.1) is 0 Å². The predicted octanol–water partition coefficient (Wildman–Crippen LogP) is 5.97. The van der Waals surface area contributed by atoms with Crippen LogP contribution in [0.1, 0.15) is 114 Å². The van der Waals surface area contributed by atoms with E-state index in [1.54, 1.807) is 7.11 Å². The second kappa shape index (κ2) is 16.1. The Morgan fingerprint density at radius 2 is 1.75 bits per heavy atom. The van der Waals surface area contributed by atoms with Crippen molar-refractivity contribution < 1.29 is 34.4 Å². The number of piperidine rings is 1. The number of para-hydroxylation sites is 1. The summed E-state index contributed by atoms with van der Waals surface area (Å²) >= 11 is 0. The molecule has 2 saturated heterocycles. The number of aromatic nitrogens is 1. The quantitative estimate of drug-likeness (QED) is 0.129. The number of likely N-dealkylation sites (N-methyl/N-ethyl adjacent to an activating group) is 1. The fourth-order valence-electron chi connectivity index (χ4n) is 15.6. The van der Waals surface area contributed by atoms with Gasteiger partial charge in [0.1, 0.15) is 17.3 Å². The Bertz CT molecular complexity index is 2380. The van der Waals surface area contributed by atoms with Gasteiger partial charge in [-0.2, -0.15) is 0 Å². The highest BCUT2D eigenvalue weighted by Gasteiger charge is 2.79. The molecule has 352 valence electrons. The molecule has 5 unspecified atom stereocenters. The molecule has 5 aliphatic heterocycles. The second-order valence-corrected chi connectivity index (χ2v) is 21.6. The van der Waals surface area contributed by atoms with Crippen molar-refractivity contribution in [3.63, 3.8) is 0 Å². The molecule has 65 heavy (non-hydrogen) atoms. The van der Waals surface area contributed by atoms with E-state index in [0.29, 0.717) is 75.4 Å². The van der Waals surface area contributed by atoms with Crippen molar-refractivity contribution in [1.29, 1.82) is 0 Å². The number of H-pyrrole nitrogens is 1. The molecule has 10 rings (SSSR count). The van der Waals surface area contributed by atoms with Crippen molar-refractivity contribution in [2.45, 2.75) is 145 Å². The van der Waals surface area contributed by atoms with E-state index in [1.807, 2.05) is 37.1 Å². The number of esters is 1. The van der Waals surface area contributed by atoms with Crippen LogP contribution in [0.5, 0.6) is 5.75 Å². The zero-order valence-electron chi connectivity index (χ0n) is 39.8. The summed E-state index contributed by atoms with van der Waals surface area (Å²) in [7, 11) is 5.06. The minimum Gasteiger partial charge on any atom is -0.496 e. The lowest BCUT2D eigenvalue weighted by molar-refractivity contribution is -0.204. The van der Waals surface area contributed by atoms with Crippen molar-refractivity contribution in [2.24, 2.45) is 23.2 Å². The number of carbonyl (C=O) groups excluding carboxylic acids is 2. The number of methoxy groups -OCH3 is 2. The monoisotopic (exact) mass is 892 g/mol. The number of benzene rings is 2. The number of nitrogens with zero attached hydrogens (tertiary/aromatic N) is 3. The summed E-state index contributed by atoms with van der Waals surface area (Å²) in [5.74, 6) is 0.176. The van der Waals surface area contributed by atoms with Gasteiger partial charge in [0.25, 0.3) is 5.91 Å². The standard InChI is InChI=1S/C53H73N5O7/c1-8-49(62)28-34-29-52(48(61)65-7,43-37(20-24-57(30-34)31-49)36-18-13-14-19-40(36)55-43)39-26-38-41(27-42(39)64-6)56(5)45-51(38)22-25-58-23-15-21-50(9-2,44(51)58)46(59)53(45,63)47(60)54-33(4)32(3)35-16-11-10-12-17-35/h13-15,18-19,21,26-27,32-35,44-46,55,59,62-63H,8-12,16-17,20,22-25,28-31H2,1-7H3,(H,54,60)/t32-,33-,34?,44?,45?,46-,49+,50-,51?,52-,53+/m1/s1. The van der Waals surface area contributed by atoms with Crippen LogP contribution in [0.4, 0.5) is 5.69 Å². The van der Waals surface area contributed by atoms with Crippen molar-refractivity contribution in [2.75, 3.05) is 58.9 Å². The first kappa shape index (κ1) is 44.9. The Morgan fingerprint density at radius 3 is 2.48 bits per heavy atom. The lowest BCUT2D eigenvalue weighted by Crippen LogP contribution is -2.82. The van der Waals surface area contributed by atoms with Crippen LogP contribution in [0, 0.1) is 23.2 Å². The van der Waals surface area contributed by atoms with E-state index in [9.17, 15) is 15.3 Å². The highest BCUT2D eigenvalue weighted by atomic mass is 16.5. The van der Waals surface area contributed by atoms with Crippen LogP contribution < -0.4 is 15.0 Å². The molecule has 5 N–H and O–H groups in total. The molecule has 6 heterocycles. The Kier molecular flexibility index (Phi) is 11.1. The van der Waals surface area contributed by atoms with Gasteiger partial charge in [-0.3, -0.25) is 19.4 Å². The fourth-order valence-corrected chi connectivity index (χ4v) is 15.6. The Hall–Kier alpha value is -3.94. The highest BCUT2D eigenvalue weighted by molar-refractivity contribution is 5.95. The molecule has 2 aromatic carbocycles. The van der Waals surface area contributed by atoms with Crippen molar-refractivity contribution in [1.82, 2.24) is 20.1 Å². The highest BCUT2D eigenvalue weighted by Crippen LogP contribution is 2.67. The Morgan fingerprint density at radius 1 is 0.985 bits per heavy atom. The lowest BCUT2D eigenvalue weighted by Gasteiger charge is -2.63. The number of ether oxygens (including phenoxy) is 2. The third-order valence-corrected chi connectivity index (χ3v) is 18.7. The van der Waals surface area contributed by atoms with Gasteiger partial charge < -0.3 is 40.0 Å². The summed E-state index contributed by atoms with van der Waals surface area (Å²) in [4.78, 5) is 41.5. The van der Waals surface area contributed by atoms with Gasteiger partial charge in [0.2, 0.25) is 0 Å². The molecular weight excluding hydrogens is 819 g/mol. The number of anilines is 1. The van der Waals surface area contributed by atoms with Gasteiger partial charge in [0.15, 0.2) is 5.60 Å². The Labute approximate surface area is 385 Å².